The minimum atomic E-state index is -4.44. The van der Waals surface area contributed by atoms with Crippen molar-refractivity contribution in [3.8, 4) is 23.8 Å². The molecule has 0 radical (unpaired) electrons. The predicted molar refractivity (Wildman–Crippen MR) is 155 cm³/mol. The third-order valence-electron chi connectivity index (χ3n) is 6.68. The van der Waals surface area contributed by atoms with Crippen molar-refractivity contribution in [1.82, 2.24) is 4.90 Å². The van der Waals surface area contributed by atoms with E-state index in [1.807, 2.05) is 11.9 Å². The number of rotatable bonds is 7. The first-order valence-electron chi connectivity index (χ1n) is 12.6. The number of hydrogen-bond acceptors (Lipinski definition) is 8. The van der Waals surface area contributed by atoms with Gasteiger partial charge in [0, 0.05) is 19.3 Å². The highest BCUT2D eigenvalue weighted by Gasteiger charge is 2.32. The number of benzene rings is 2. The number of ether oxygens (including phenoxy) is 1. The zero-order valence-corrected chi connectivity index (χ0v) is 24.3. The smallest absolute Gasteiger partial charge is 0.393 e. The minimum absolute atomic E-state index is 0.0870. The predicted octanol–water partition coefficient (Wildman–Crippen LogP) is 5.87. The van der Waals surface area contributed by atoms with Crippen molar-refractivity contribution in [2.45, 2.75) is 36.1 Å². The summed E-state index contributed by atoms with van der Waals surface area (Å²) in [7, 11) is 0.370. The van der Waals surface area contributed by atoms with E-state index in [1.54, 1.807) is 36.5 Å². The highest BCUT2D eigenvalue weighted by Crippen LogP contribution is 2.39. The van der Waals surface area contributed by atoms with Crippen LogP contribution >= 0.6 is 11.3 Å². The van der Waals surface area contributed by atoms with Gasteiger partial charge in [-0.05, 0) is 48.7 Å². The molecule has 1 aliphatic rings. The highest BCUT2D eigenvalue weighted by atomic mass is 32.2. The molecule has 3 atom stereocenters. The number of alkyl halides is 4. The number of methoxy groups -OCH3 is 1. The molecule has 1 aromatic heterocycles. The number of piperidine rings is 1. The van der Waals surface area contributed by atoms with Gasteiger partial charge in [-0.3, -0.25) is 0 Å². The van der Waals surface area contributed by atoms with E-state index in [4.69, 9.17) is 10.00 Å². The lowest BCUT2D eigenvalue weighted by atomic mass is 10.0. The molecule has 7 nitrogen and oxygen atoms in total. The van der Waals surface area contributed by atoms with Crippen LogP contribution in [0, 0.1) is 23.3 Å². The van der Waals surface area contributed by atoms with Crippen molar-refractivity contribution in [1.29, 1.82) is 5.26 Å². The fourth-order valence-corrected chi connectivity index (χ4v) is 6.71. The second-order valence-corrected chi connectivity index (χ2v) is 13.0. The molecule has 1 fully saturated rings. The van der Waals surface area contributed by atoms with Gasteiger partial charge in [0.1, 0.15) is 11.9 Å². The van der Waals surface area contributed by atoms with E-state index < -0.39 is 34.5 Å². The summed E-state index contributed by atoms with van der Waals surface area (Å²) in [6, 6.07) is 9.31. The molecule has 0 amide bonds. The number of nitrogens with zero attached hydrogens (tertiary/aromatic N) is 3. The van der Waals surface area contributed by atoms with Gasteiger partial charge in [0.15, 0.2) is 0 Å². The van der Waals surface area contributed by atoms with Crippen LogP contribution in [-0.4, -0.2) is 67.5 Å². The molecule has 2 N–H and O–H groups in total. The number of nitriles is 1. The maximum Gasteiger partial charge on any atom is 0.393 e. The molecule has 0 aliphatic carbocycles. The van der Waals surface area contributed by atoms with Gasteiger partial charge in [0.05, 0.1) is 61.7 Å². The van der Waals surface area contributed by atoms with Gasteiger partial charge in [-0.1, -0.05) is 24.0 Å². The summed E-state index contributed by atoms with van der Waals surface area (Å²) in [5.74, 6) is 6.13. The van der Waals surface area contributed by atoms with Crippen LogP contribution in [0.2, 0.25) is 0 Å². The Labute approximate surface area is 240 Å². The van der Waals surface area contributed by atoms with Crippen LogP contribution in [-0.2, 0) is 16.1 Å². The molecule has 1 unspecified atom stereocenters. The van der Waals surface area contributed by atoms with Crippen molar-refractivity contribution >= 4 is 42.5 Å². The van der Waals surface area contributed by atoms with E-state index in [1.165, 1.54) is 19.4 Å². The van der Waals surface area contributed by atoms with Gasteiger partial charge < -0.3 is 20.3 Å². The van der Waals surface area contributed by atoms with Crippen LogP contribution in [0.4, 0.5) is 28.9 Å². The minimum Gasteiger partial charge on any atom is -0.495 e. The number of fused-ring (bicyclic) bond motifs is 1. The Bertz CT molecular complexity index is 1650. The third-order valence-corrected chi connectivity index (χ3v) is 9.43. The average molecular weight is 608 g/mol. The van der Waals surface area contributed by atoms with Crippen molar-refractivity contribution < 1.29 is 26.5 Å². The first-order chi connectivity index (χ1) is 19.4. The number of nitrogens with one attached hydrogen (secondary N) is 2. The molecule has 2 aromatic carbocycles. The standard InChI is InChI=1S/C28H29F4N5O2S2/c1-37-13-11-22(21(29)16-37)36-24-7-4-6-19-20(15-28(30,31)32)26(40-27(19)24)8-5-12-34-23-10-9-18(14-25(23)39-2)41(3,38)35-17-33/h4,6-7,9-10,14,21-22,34,36H,11-13,15-16H2,1-3H3/t21-,22-,41?/m0/s1. The number of thiophene rings is 1. The summed E-state index contributed by atoms with van der Waals surface area (Å²) in [6.07, 6.45) is -3.18. The number of anilines is 2. The van der Waals surface area contributed by atoms with Gasteiger partial charge in [0.2, 0.25) is 6.19 Å². The van der Waals surface area contributed by atoms with Crippen molar-refractivity contribution in [2.75, 3.05) is 50.7 Å². The lowest BCUT2D eigenvalue weighted by molar-refractivity contribution is -0.126. The lowest BCUT2D eigenvalue weighted by Gasteiger charge is -2.33. The Morgan fingerprint density at radius 2 is 2.05 bits per heavy atom. The van der Waals surface area contributed by atoms with Crippen molar-refractivity contribution in [2.24, 2.45) is 4.36 Å². The zero-order chi connectivity index (χ0) is 29.8. The molecule has 0 bridgehead atoms. The summed E-state index contributed by atoms with van der Waals surface area (Å²) in [5, 5.41) is 15.5. The molecule has 13 heteroatoms. The monoisotopic (exact) mass is 607 g/mol. The third kappa shape index (κ3) is 7.41. The SMILES string of the molecule is COc1cc(S(C)(=O)=NC#N)ccc1NCC#Cc1sc2c(N[C@H]3CCN(C)C[C@@H]3F)cccc2c1CC(F)(F)F. The van der Waals surface area contributed by atoms with Crippen LogP contribution < -0.4 is 15.4 Å². The van der Waals surface area contributed by atoms with Crippen LogP contribution in [0.5, 0.6) is 5.75 Å². The summed E-state index contributed by atoms with van der Waals surface area (Å²) in [5.41, 5.74) is 1.21. The molecule has 0 spiro atoms. The van der Waals surface area contributed by atoms with E-state index in [9.17, 15) is 21.8 Å². The van der Waals surface area contributed by atoms with Crippen LogP contribution in [0.3, 0.4) is 0 Å². The molecule has 1 saturated heterocycles. The summed E-state index contributed by atoms with van der Waals surface area (Å²) < 4.78 is 77.4. The van der Waals surface area contributed by atoms with Gasteiger partial charge in [-0.25, -0.2) is 8.60 Å². The molecule has 4 rings (SSSR count). The summed E-state index contributed by atoms with van der Waals surface area (Å²) in [6.45, 7) is 1.10. The van der Waals surface area contributed by atoms with Crippen LogP contribution in [0.15, 0.2) is 45.7 Å². The largest absolute Gasteiger partial charge is 0.495 e. The molecular weight excluding hydrogens is 578 g/mol. The van der Waals surface area contributed by atoms with E-state index in [2.05, 4.69) is 26.8 Å². The number of hydrogen-bond donors (Lipinski definition) is 2. The number of halogens is 4. The van der Waals surface area contributed by atoms with Gasteiger partial charge in [0.25, 0.3) is 0 Å². The first-order valence-corrected chi connectivity index (χ1v) is 15.4. The maximum atomic E-state index is 14.7. The quantitative estimate of drug-likeness (QED) is 0.198. The molecular formula is C28H29F4N5O2S2. The lowest BCUT2D eigenvalue weighted by Crippen LogP contribution is -2.46. The molecule has 3 aromatic rings. The molecule has 1 aliphatic heterocycles. The Morgan fingerprint density at radius 3 is 2.73 bits per heavy atom. The van der Waals surface area contributed by atoms with Gasteiger partial charge in [-0.15, -0.1) is 15.7 Å². The van der Waals surface area contributed by atoms with E-state index in [-0.39, 0.29) is 12.1 Å². The summed E-state index contributed by atoms with van der Waals surface area (Å²) in [4.78, 5) is 2.52. The van der Waals surface area contributed by atoms with Crippen LogP contribution in [0.25, 0.3) is 10.1 Å². The molecule has 218 valence electrons. The zero-order valence-electron chi connectivity index (χ0n) is 22.6. The topological polar surface area (TPSA) is 89.7 Å². The molecule has 41 heavy (non-hydrogen) atoms. The van der Waals surface area contributed by atoms with Crippen LogP contribution in [0.1, 0.15) is 16.9 Å². The Kier molecular flexibility index (Phi) is 9.32. The van der Waals surface area contributed by atoms with E-state index in [0.717, 1.165) is 17.9 Å². The van der Waals surface area contributed by atoms with Gasteiger partial charge >= 0.3 is 6.18 Å². The van der Waals surface area contributed by atoms with E-state index in [0.29, 0.717) is 49.9 Å². The van der Waals surface area contributed by atoms with E-state index >= 15 is 0 Å². The van der Waals surface area contributed by atoms with Crippen molar-refractivity contribution in [3.63, 3.8) is 0 Å². The second-order valence-electron chi connectivity index (χ2n) is 9.71. The van der Waals surface area contributed by atoms with Gasteiger partial charge in [-0.2, -0.15) is 18.4 Å². The first kappa shape index (κ1) is 30.4. The Hall–Kier alpha value is -3.52. The summed E-state index contributed by atoms with van der Waals surface area (Å²) >= 11 is 1.15. The normalized spacial score (nSPS) is 19.0. The van der Waals surface area contributed by atoms with Crippen molar-refractivity contribution in [3.05, 3.63) is 46.8 Å². The Balaban J connectivity index is 1.60. The maximum absolute atomic E-state index is 14.7. The highest BCUT2D eigenvalue weighted by molar-refractivity contribution is 7.93. The number of likely N-dealkylation sites (tertiary alicyclic amines) is 1. The molecule has 0 saturated carbocycles. The fourth-order valence-electron chi connectivity index (χ4n) is 4.63. The average Bonchev–Trinajstić information content (AvgIpc) is 3.24. The fraction of sp³-hybridized carbons (Fsp3) is 0.393. The molecule has 2 heterocycles. The Morgan fingerprint density at radius 1 is 1.27 bits per heavy atom. The second kappa shape index (κ2) is 12.6.